The summed E-state index contributed by atoms with van der Waals surface area (Å²) in [5.74, 6) is 0.532. The highest BCUT2D eigenvalue weighted by Gasteiger charge is 2.10. The molecule has 1 heterocycles. The number of urea groups is 1. The van der Waals surface area contributed by atoms with E-state index >= 15 is 0 Å². The quantitative estimate of drug-likeness (QED) is 0.742. The Morgan fingerprint density at radius 2 is 1.96 bits per heavy atom. The van der Waals surface area contributed by atoms with Crippen molar-refractivity contribution >= 4 is 39.8 Å². The first-order chi connectivity index (χ1) is 11.2. The Morgan fingerprint density at radius 1 is 1.13 bits per heavy atom. The molecule has 0 fully saturated rings. The predicted octanol–water partition coefficient (Wildman–Crippen LogP) is 4.54. The Hall–Kier alpha value is -2.79. The van der Waals surface area contributed by atoms with Crippen molar-refractivity contribution < 1.29 is 9.53 Å². The number of hydrogen-bond acceptors (Lipinski definition) is 3. The average Bonchev–Trinajstić information content (AvgIpc) is 2.55. The van der Waals surface area contributed by atoms with Gasteiger partial charge in [-0.15, -0.1) is 0 Å². The number of carbonyl (C=O) groups excluding carboxylic acids is 1. The van der Waals surface area contributed by atoms with Gasteiger partial charge in [0.1, 0.15) is 5.75 Å². The summed E-state index contributed by atoms with van der Waals surface area (Å²) in [4.78, 5) is 16.4. The van der Waals surface area contributed by atoms with Gasteiger partial charge in [-0.3, -0.25) is 4.98 Å². The van der Waals surface area contributed by atoms with Crippen LogP contribution in [0, 0.1) is 0 Å². The Bertz CT molecular complexity index is 862. The van der Waals surface area contributed by atoms with E-state index in [0.29, 0.717) is 22.1 Å². The molecule has 3 rings (SSSR count). The molecule has 23 heavy (non-hydrogen) atoms. The molecular weight excluding hydrogens is 314 g/mol. The number of pyridine rings is 1. The molecule has 0 unspecified atom stereocenters. The number of ether oxygens (including phenoxy) is 1. The van der Waals surface area contributed by atoms with Crippen molar-refractivity contribution in [2.75, 3.05) is 17.7 Å². The zero-order valence-corrected chi connectivity index (χ0v) is 13.1. The average molecular weight is 328 g/mol. The summed E-state index contributed by atoms with van der Waals surface area (Å²) < 4.78 is 5.21. The van der Waals surface area contributed by atoms with Crippen molar-refractivity contribution in [1.29, 1.82) is 0 Å². The number of nitrogens with zero attached hydrogens (tertiary/aromatic N) is 1. The van der Waals surface area contributed by atoms with Crippen LogP contribution >= 0.6 is 11.6 Å². The van der Waals surface area contributed by atoms with E-state index in [1.165, 1.54) is 7.11 Å². The molecule has 0 aliphatic rings. The number of aromatic nitrogens is 1. The van der Waals surface area contributed by atoms with Crippen LogP contribution in [-0.4, -0.2) is 18.1 Å². The van der Waals surface area contributed by atoms with Crippen molar-refractivity contribution in [3.8, 4) is 5.75 Å². The number of carbonyl (C=O) groups is 1. The molecule has 0 atom stereocenters. The molecule has 0 saturated carbocycles. The highest BCUT2D eigenvalue weighted by atomic mass is 35.5. The Kier molecular flexibility index (Phi) is 4.30. The number of fused-ring (bicyclic) bond motifs is 1. The third kappa shape index (κ3) is 3.35. The van der Waals surface area contributed by atoms with Gasteiger partial charge in [0, 0.05) is 22.8 Å². The number of halogens is 1. The third-order valence-electron chi connectivity index (χ3n) is 3.34. The number of amides is 2. The minimum Gasteiger partial charge on any atom is -0.495 e. The first-order valence-electron chi connectivity index (χ1n) is 6.91. The van der Waals surface area contributed by atoms with E-state index in [9.17, 15) is 4.79 Å². The van der Waals surface area contributed by atoms with E-state index < -0.39 is 0 Å². The standard InChI is InChI=1S/C17H14ClN3O2/c1-23-16-6-5-12(18)9-15(16)21-17(22)20-14-4-2-3-11-7-8-19-10-13(11)14/h2-10H,1H3,(H2,20,21,22). The van der Waals surface area contributed by atoms with Gasteiger partial charge in [0.25, 0.3) is 0 Å². The first kappa shape index (κ1) is 15.1. The molecular formula is C17H14ClN3O2. The van der Waals surface area contributed by atoms with E-state index in [0.717, 1.165) is 10.8 Å². The number of hydrogen-bond donors (Lipinski definition) is 2. The molecule has 1 aromatic heterocycles. The molecule has 6 heteroatoms. The van der Waals surface area contributed by atoms with Gasteiger partial charge >= 0.3 is 6.03 Å². The van der Waals surface area contributed by atoms with Crippen LogP contribution in [-0.2, 0) is 0 Å². The van der Waals surface area contributed by atoms with E-state index in [4.69, 9.17) is 16.3 Å². The van der Waals surface area contributed by atoms with Crippen LogP contribution in [0.25, 0.3) is 10.8 Å². The van der Waals surface area contributed by atoms with Gasteiger partial charge in [-0.25, -0.2) is 4.79 Å². The van der Waals surface area contributed by atoms with E-state index in [2.05, 4.69) is 15.6 Å². The van der Waals surface area contributed by atoms with Crippen LogP contribution in [0.4, 0.5) is 16.2 Å². The summed E-state index contributed by atoms with van der Waals surface area (Å²) in [6, 6.07) is 12.2. The zero-order chi connectivity index (χ0) is 16.2. The molecule has 0 radical (unpaired) electrons. The minimum absolute atomic E-state index is 0.387. The topological polar surface area (TPSA) is 63.2 Å². The molecule has 0 bridgehead atoms. The van der Waals surface area contributed by atoms with Crippen LogP contribution in [0.15, 0.2) is 54.9 Å². The molecule has 3 aromatic rings. The fourth-order valence-corrected chi connectivity index (χ4v) is 2.45. The van der Waals surface area contributed by atoms with Crippen LogP contribution in [0.5, 0.6) is 5.75 Å². The smallest absolute Gasteiger partial charge is 0.323 e. The lowest BCUT2D eigenvalue weighted by Crippen LogP contribution is -2.20. The maximum atomic E-state index is 12.3. The van der Waals surface area contributed by atoms with Gasteiger partial charge in [-0.1, -0.05) is 23.7 Å². The van der Waals surface area contributed by atoms with Gasteiger partial charge in [0.2, 0.25) is 0 Å². The molecule has 2 amide bonds. The Labute approximate surface area is 138 Å². The number of anilines is 2. The summed E-state index contributed by atoms with van der Waals surface area (Å²) in [7, 11) is 1.53. The summed E-state index contributed by atoms with van der Waals surface area (Å²) in [6.45, 7) is 0. The lowest BCUT2D eigenvalue weighted by atomic mass is 10.1. The molecule has 0 saturated heterocycles. The van der Waals surface area contributed by atoms with Crippen molar-refractivity contribution in [3.05, 3.63) is 59.9 Å². The van der Waals surface area contributed by atoms with Gasteiger partial charge in [-0.2, -0.15) is 0 Å². The lowest BCUT2D eigenvalue weighted by Gasteiger charge is -2.12. The minimum atomic E-state index is -0.387. The molecule has 0 aliphatic heterocycles. The summed E-state index contributed by atoms with van der Waals surface area (Å²) in [5, 5.41) is 7.92. The van der Waals surface area contributed by atoms with Crippen LogP contribution in [0.1, 0.15) is 0 Å². The highest BCUT2D eigenvalue weighted by molar-refractivity contribution is 6.31. The largest absolute Gasteiger partial charge is 0.495 e. The molecule has 0 aliphatic carbocycles. The van der Waals surface area contributed by atoms with Crippen LogP contribution in [0.2, 0.25) is 5.02 Å². The van der Waals surface area contributed by atoms with E-state index in [1.807, 2.05) is 24.3 Å². The Morgan fingerprint density at radius 3 is 2.78 bits per heavy atom. The monoisotopic (exact) mass is 327 g/mol. The SMILES string of the molecule is COc1ccc(Cl)cc1NC(=O)Nc1cccc2ccncc12. The first-order valence-corrected chi connectivity index (χ1v) is 7.29. The fraction of sp³-hybridized carbons (Fsp3) is 0.0588. The summed E-state index contributed by atoms with van der Waals surface area (Å²) in [6.07, 6.45) is 3.42. The van der Waals surface area contributed by atoms with Crippen LogP contribution < -0.4 is 15.4 Å². The molecule has 5 nitrogen and oxygen atoms in total. The number of rotatable bonds is 3. The van der Waals surface area contributed by atoms with Gasteiger partial charge < -0.3 is 15.4 Å². The number of benzene rings is 2. The van der Waals surface area contributed by atoms with Crippen molar-refractivity contribution in [2.24, 2.45) is 0 Å². The maximum Gasteiger partial charge on any atom is 0.323 e. The zero-order valence-electron chi connectivity index (χ0n) is 12.3. The predicted molar refractivity (Wildman–Crippen MR) is 92.4 cm³/mol. The van der Waals surface area contributed by atoms with Crippen molar-refractivity contribution in [3.63, 3.8) is 0 Å². The second kappa shape index (κ2) is 6.54. The maximum absolute atomic E-state index is 12.3. The molecule has 0 spiro atoms. The number of nitrogens with one attached hydrogen (secondary N) is 2. The number of methoxy groups -OCH3 is 1. The van der Waals surface area contributed by atoms with Gasteiger partial charge in [-0.05, 0) is 35.7 Å². The third-order valence-corrected chi connectivity index (χ3v) is 3.58. The molecule has 2 aromatic carbocycles. The summed E-state index contributed by atoms with van der Waals surface area (Å²) >= 11 is 5.96. The molecule has 116 valence electrons. The van der Waals surface area contributed by atoms with Crippen molar-refractivity contribution in [2.45, 2.75) is 0 Å². The second-order valence-electron chi connectivity index (χ2n) is 4.83. The lowest BCUT2D eigenvalue weighted by molar-refractivity contribution is 0.262. The fourth-order valence-electron chi connectivity index (χ4n) is 2.28. The van der Waals surface area contributed by atoms with E-state index in [1.54, 1.807) is 30.6 Å². The highest BCUT2D eigenvalue weighted by Crippen LogP contribution is 2.28. The van der Waals surface area contributed by atoms with E-state index in [-0.39, 0.29) is 6.03 Å². The molecule has 2 N–H and O–H groups in total. The summed E-state index contributed by atoms with van der Waals surface area (Å²) in [5.41, 5.74) is 1.17. The normalized spacial score (nSPS) is 10.3. The van der Waals surface area contributed by atoms with Crippen LogP contribution in [0.3, 0.4) is 0 Å². The van der Waals surface area contributed by atoms with Gasteiger partial charge in [0.15, 0.2) is 0 Å². The second-order valence-corrected chi connectivity index (χ2v) is 5.26. The van der Waals surface area contributed by atoms with Gasteiger partial charge in [0.05, 0.1) is 18.5 Å². The Balaban J connectivity index is 1.83. The van der Waals surface area contributed by atoms with Crippen molar-refractivity contribution in [1.82, 2.24) is 4.98 Å².